The Morgan fingerprint density at radius 2 is 1.88 bits per heavy atom. The van der Waals surface area contributed by atoms with E-state index in [1.165, 1.54) is 12.8 Å². The van der Waals surface area contributed by atoms with E-state index in [4.69, 9.17) is 14.2 Å². The quantitative estimate of drug-likeness (QED) is 0.452. The molecule has 0 heterocycles. The molecular formula is C12H24O4. The highest BCUT2D eigenvalue weighted by molar-refractivity contribution is 5.59. The molecule has 96 valence electrons. The molecule has 1 unspecified atom stereocenters. The van der Waals surface area contributed by atoms with E-state index in [9.17, 15) is 4.79 Å². The fourth-order valence-electron chi connectivity index (χ4n) is 1.24. The summed E-state index contributed by atoms with van der Waals surface area (Å²) in [5.41, 5.74) is 0. The van der Waals surface area contributed by atoms with Crippen molar-refractivity contribution >= 4 is 6.16 Å². The maximum atomic E-state index is 11.1. The number of hydrogen-bond donors (Lipinski definition) is 0. The van der Waals surface area contributed by atoms with Crippen LogP contribution in [-0.2, 0) is 14.2 Å². The number of hydrogen-bond acceptors (Lipinski definition) is 4. The molecule has 0 spiro atoms. The minimum absolute atomic E-state index is 0.0716. The minimum atomic E-state index is -0.594. The van der Waals surface area contributed by atoms with E-state index in [-0.39, 0.29) is 12.7 Å². The second-order valence-corrected chi connectivity index (χ2v) is 3.74. The molecule has 0 aliphatic carbocycles. The maximum absolute atomic E-state index is 11.1. The molecular weight excluding hydrogens is 208 g/mol. The van der Waals surface area contributed by atoms with Gasteiger partial charge in [-0.05, 0) is 20.3 Å². The van der Waals surface area contributed by atoms with Crippen molar-refractivity contribution in [2.75, 3.05) is 19.8 Å². The number of unbranched alkanes of at least 4 members (excludes halogenated alkanes) is 3. The van der Waals surface area contributed by atoms with Crippen molar-refractivity contribution in [3.63, 3.8) is 0 Å². The summed E-state index contributed by atoms with van der Waals surface area (Å²) in [6, 6.07) is 0. The lowest BCUT2D eigenvalue weighted by Crippen LogP contribution is -2.19. The first kappa shape index (κ1) is 15.2. The van der Waals surface area contributed by atoms with Gasteiger partial charge in [-0.3, -0.25) is 0 Å². The highest BCUT2D eigenvalue weighted by Gasteiger charge is 2.07. The van der Waals surface area contributed by atoms with E-state index in [1.807, 2.05) is 13.8 Å². The summed E-state index contributed by atoms with van der Waals surface area (Å²) < 4.78 is 15.0. The Balaban J connectivity index is 3.30. The molecule has 0 bridgehead atoms. The van der Waals surface area contributed by atoms with Gasteiger partial charge in [-0.1, -0.05) is 26.2 Å². The predicted molar refractivity (Wildman–Crippen MR) is 62.5 cm³/mol. The standard InChI is InChI=1S/C12H24O4/c1-4-6-7-8-9-15-12(13)16-10-11(3)14-5-2/h11H,4-10H2,1-3H3. The molecule has 0 rings (SSSR count). The Morgan fingerprint density at radius 1 is 1.12 bits per heavy atom. The van der Waals surface area contributed by atoms with Gasteiger partial charge < -0.3 is 14.2 Å². The van der Waals surface area contributed by atoms with Crippen molar-refractivity contribution in [3.05, 3.63) is 0 Å². The first-order valence-electron chi connectivity index (χ1n) is 6.11. The lowest BCUT2D eigenvalue weighted by Gasteiger charge is -2.11. The zero-order valence-electron chi connectivity index (χ0n) is 10.7. The predicted octanol–water partition coefficient (Wildman–Crippen LogP) is 3.14. The molecule has 0 fully saturated rings. The van der Waals surface area contributed by atoms with Crippen molar-refractivity contribution in [1.29, 1.82) is 0 Å². The maximum Gasteiger partial charge on any atom is 0.508 e. The summed E-state index contributed by atoms with van der Waals surface area (Å²) in [7, 11) is 0. The number of carbonyl (C=O) groups excluding carboxylic acids is 1. The fourth-order valence-corrected chi connectivity index (χ4v) is 1.24. The normalized spacial score (nSPS) is 12.2. The van der Waals surface area contributed by atoms with Crippen LogP contribution >= 0.6 is 0 Å². The molecule has 0 radical (unpaired) electrons. The van der Waals surface area contributed by atoms with Gasteiger partial charge in [0, 0.05) is 6.61 Å². The van der Waals surface area contributed by atoms with Crippen LogP contribution in [-0.4, -0.2) is 32.1 Å². The average molecular weight is 232 g/mol. The van der Waals surface area contributed by atoms with Crippen molar-refractivity contribution in [1.82, 2.24) is 0 Å². The third-order valence-corrected chi connectivity index (χ3v) is 2.10. The Labute approximate surface area is 98.3 Å². The van der Waals surface area contributed by atoms with Crippen molar-refractivity contribution in [2.45, 2.75) is 52.6 Å². The smallest absolute Gasteiger partial charge is 0.434 e. The minimum Gasteiger partial charge on any atom is -0.434 e. The van der Waals surface area contributed by atoms with E-state index in [2.05, 4.69) is 6.92 Å². The summed E-state index contributed by atoms with van der Waals surface area (Å²) in [4.78, 5) is 11.1. The molecule has 0 aromatic heterocycles. The highest BCUT2D eigenvalue weighted by Crippen LogP contribution is 2.00. The average Bonchev–Trinajstić information content (AvgIpc) is 2.26. The summed E-state index contributed by atoms with van der Waals surface area (Å²) in [5, 5.41) is 0. The molecule has 16 heavy (non-hydrogen) atoms. The molecule has 0 saturated carbocycles. The summed E-state index contributed by atoms with van der Waals surface area (Å²) in [5.74, 6) is 0. The molecule has 0 aliphatic heterocycles. The first-order chi connectivity index (χ1) is 7.70. The second kappa shape index (κ2) is 10.7. The van der Waals surface area contributed by atoms with Crippen LogP contribution in [0.3, 0.4) is 0 Å². The topological polar surface area (TPSA) is 44.8 Å². The fraction of sp³-hybridized carbons (Fsp3) is 0.917. The van der Waals surface area contributed by atoms with E-state index in [1.54, 1.807) is 0 Å². The summed E-state index contributed by atoms with van der Waals surface area (Å²) in [6.45, 7) is 7.23. The lowest BCUT2D eigenvalue weighted by molar-refractivity contribution is -0.00516. The van der Waals surface area contributed by atoms with Gasteiger partial charge in [0.2, 0.25) is 0 Å². The molecule has 0 aromatic rings. The van der Waals surface area contributed by atoms with E-state index >= 15 is 0 Å². The Kier molecular flexibility index (Phi) is 10.2. The van der Waals surface area contributed by atoms with Gasteiger partial charge in [-0.15, -0.1) is 0 Å². The number of ether oxygens (including phenoxy) is 3. The second-order valence-electron chi connectivity index (χ2n) is 3.74. The van der Waals surface area contributed by atoms with E-state index in [0.29, 0.717) is 13.2 Å². The van der Waals surface area contributed by atoms with Crippen LogP contribution in [0.4, 0.5) is 4.79 Å². The van der Waals surface area contributed by atoms with E-state index in [0.717, 1.165) is 12.8 Å². The Morgan fingerprint density at radius 3 is 2.50 bits per heavy atom. The van der Waals surface area contributed by atoms with Crippen molar-refractivity contribution in [3.8, 4) is 0 Å². The summed E-state index contributed by atoms with van der Waals surface area (Å²) >= 11 is 0. The molecule has 0 amide bonds. The molecule has 0 aromatic carbocycles. The molecule has 1 atom stereocenters. The van der Waals surface area contributed by atoms with Gasteiger partial charge >= 0.3 is 6.16 Å². The SMILES string of the molecule is CCCCCCOC(=O)OCC(C)OCC. The van der Waals surface area contributed by atoms with Gasteiger partial charge in [-0.2, -0.15) is 0 Å². The Hall–Kier alpha value is -0.770. The molecule has 0 saturated heterocycles. The third-order valence-electron chi connectivity index (χ3n) is 2.10. The molecule has 4 nitrogen and oxygen atoms in total. The van der Waals surface area contributed by atoms with Gasteiger partial charge in [0.05, 0.1) is 12.7 Å². The van der Waals surface area contributed by atoms with Crippen molar-refractivity contribution in [2.24, 2.45) is 0 Å². The number of carbonyl (C=O) groups is 1. The van der Waals surface area contributed by atoms with Crippen LogP contribution in [0, 0.1) is 0 Å². The van der Waals surface area contributed by atoms with Crippen LogP contribution in [0.25, 0.3) is 0 Å². The monoisotopic (exact) mass is 232 g/mol. The first-order valence-corrected chi connectivity index (χ1v) is 6.11. The molecule has 0 N–H and O–H groups in total. The van der Waals surface area contributed by atoms with Crippen LogP contribution < -0.4 is 0 Å². The highest BCUT2D eigenvalue weighted by atomic mass is 16.7. The summed E-state index contributed by atoms with van der Waals surface area (Å²) in [6.07, 6.45) is 3.69. The zero-order valence-corrected chi connectivity index (χ0v) is 10.7. The molecule has 0 aliphatic rings. The largest absolute Gasteiger partial charge is 0.508 e. The van der Waals surface area contributed by atoms with E-state index < -0.39 is 6.16 Å². The Bertz CT molecular complexity index is 170. The third kappa shape index (κ3) is 9.77. The van der Waals surface area contributed by atoms with Crippen molar-refractivity contribution < 1.29 is 19.0 Å². The van der Waals surface area contributed by atoms with Crippen LogP contribution in [0.15, 0.2) is 0 Å². The van der Waals surface area contributed by atoms with Gasteiger partial charge in [-0.25, -0.2) is 4.79 Å². The lowest BCUT2D eigenvalue weighted by atomic mass is 10.2. The zero-order chi connectivity index (χ0) is 12.2. The number of rotatable bonds is 9. The van der Waals surface area contributed by atoms with Gasteiger partial charge in [0.25, 0.3) is 0 Å². The van der Waals surface area contributed by atoms with Gasteiger partial charge in [0.15, 0.2) is 0 Å². The van der Waals surface area contributed by atoms with Crippen LogP contribution in [0.1, 0.15) is 46.5 Å². The molecule has 4 heteroatoms. The van der Waals surface area contributed by atoms with Crippen LogP contribution in [0.5, 0.6) is 0 Å². The van der Waals surface area contributed by atoms with Crippen LogP contribution in [0.2, 0.25) is 0 Å². The van der Waals surface area contributed by atoms with Gasteiger partial charge in [0.1, 0.15) is 6.61 Å².